The van der Waals surface area contributed by atoms with E-state index >= 15 is 0 Å². The van der Waals surface area contributed by atoms with Crippen LogP contribution in [0.25, 0.3) is 0 Å². The Hall–Kier alpha value is -7.09. The second kappa shape index (κ2) is 28.4. The molecule has 4 rings (SSSR count). The van der Waals surface area contributed by atoms with E-state index in [2.05, 4.69) is 42.2 Å². The molecule has 2 aliphatic heterocycles. The van der Waals surface area contributed by atoms with Gasteiger partial charge in [-0.1, -0.05) is 77.9 Å². The second-order valence-electron chi connectivity index (χ2n) is 19.0. The van der Waals surface area contributed by atoms with Crippen LogP contribution in [0, 0.1) is 5.92 Å². The third-order valence-corrected chi connectivity index (χ3v) is 15.1. The number of aromatic hydroxyl groups is 1. The lowest BCUT2D eigenvalue weighted by atomic mass is 9.99. The van der Waals surface area contributed by atoms with Gasteiger partial charge in [-0.3, -0.25) is 52.9 Å². The van der Waals surface area contributed by atoms with Gasteiger partial charge in [0.25, 0.3) is 0 Å². The zero-order valence-electron chi connectivity index (χ0n) is 41.9. The second-order valence-corrected chi connectivity index (χ2v) is 22.0. The minimum Gasteiger partial charge on any atom is -0.508 e. The number of primary amides is 2. The van der Waals surface area contributed by atoms with Crippen LogP contribution in [0.2, 0.25) is 0 Å². The fourth-order valence-electron chi connectivity index (χ4n) is 8.08. The molecule has 0 saturated carbocycles. The predicted octanol–water partition coefficient (Wildman–Crippen LogP) is -2.17. The van der Waals surface area contributed by atoms with Gasteiger partial charge in [-0.05, 0) is 68.7 Å². The van der Waals surface area contributed by atoms with E-state index in [9.17, 15) is 53.1 Å². The van der Waals surface area contributed by atoms with Crippen LogP contribution in [0.4, 0.5) is 0 Å². The number of likely N-dealkylation sites (tertiary alicyclic amines) is 1. The Morgan fingerprint density at radius 3 is 2.03 bits per heavy atom. The summed E-state index contributed by atoms with van der Waals surface area (Å²) in [5.41, 5.74) is 22.9. The summed E-state index contributed by atoms with van der Waals surface area (Å²) in [4.78, 5) is 142. The molecule has 0 radical (unpaired) electrons. The number of carbonyl (C=O) groups is 10. The van der Waals surface area contributed by atoms with Crippen LogP contribution in [0.5, 0.6) is 5.75 Å². The Morgan fingerprint density at radius 2 is 1.41 bits per heavy atom. The van der Waals surface area contributed by atoms with Crippen LogP contribution in [0.1, 0.15) is 77.3 Å². The van der Waals surface area contributed by atoms with Gasteiger partial charge in [0.05, 0.1) is 13.0 Å². The number of nitrogens with two attached hydrogens (primary N) is 4. The van der Waals surface area contributed by atoms with Crippen LogP contribution < -0.4 is 60.2 Å². The lowest BCUT2D eigenvalue weighted by Crippen LogP contribution is -2.61. The molecule has 2 aliphatic rings. The van der Waals surface area contributed by atoms with Gasteiger partial charge < -0.3 is 70.2 Å². The third-order valence-electron chi connectivity index (χ3n) is 11.8. The fourth-order valence-corrected chi connectivity index (χ4v) is 10.8. The van der Waals surface area contributed by atoms with Crippen LogP contribution in [-0.2, 0) is 60.8 Å². The van der Waals surface area contributed by atoms with E-state index < -0.39 is 125 Å². The number of rotatable bonds is 17. The van der Waals surface area contributed by atoms with Crippen molar-refractivity contribution < 1.29 is 53.1 Å². The maximum Gasteiger partial charge on any atom is 0.246 e. The first kappa shape index (κ1) is 59.5. The highest BCUT2D eigenvalue weighted by atomic mass is 33.1. The minimum atomic E-state index is -1.67. The van der Waals surface area contributed by atoms with E-state index in [1.165, 1.54) is 27.8 Å². The molecule has 0 aliphatic carbocycles. The van der Waals surface area contributed by atoms with Crippen molar-refractivity contribution in [2.45, 2.75) is 126 Å². The maximum atomic E-state index is 14.7. The average Bonchev–Trinajstić information content (AvgIpc) is 3.82. The summed E-state index contributed by atoms with van der Waals surface area (Å²) < 4.78 is -0.905. The number of amides is 10. The van der Waals surface area contributed by atoms with Crippen LogP contribution >= 0.6 is 21.6 Å². The first-order valence-corrected chi connectivity index (χ1v) is 26.4. The summed E-state index contributed by atoms with van der Waals surface area (Å²) in [5, 5.41) is 28.4. The van der Waals surface area contributed by atoms with Crippen molar-refractivity contribution in [3.63, 3.8) is 0 Å². The van der Waals surface area contributed by atoms with Gasteiger partial charge >= 0.3 is 0 Å². The molecule has 2 fully saturated rings. The zero-order valence-corrected chi connectivity index (χ0v) is 43.5. The van der Waals surface area contributed by atoms with E-state index in [1.54, 1.807) is 70.2 Å². The number of hydrogen-bond acceptors (Lipinski definition) is 14. The van der Waals surface area contributed by atoms with E-state index in [1.807, 2.05) is 0 Å². The third kappa shape index (κ3) is 19.4. The van der Waals surface area contributed by atoms with E-state index in [-0.39, 0.29) is 69.1 Å². The van der Waals surface area contributed by atoms with Gasteiger partial charge in [0.15, 0.2) is 5.96 Å². The maximum absolute atomic E-state index is 14.7. The lowest BCUT2D eigenvalue weighted by molar-refractivity contribution is -0.142. The number of guanidine groups is 1. The fraction of sp³-hybridized carbons (Fsp3) is 0.521. The number of nitrogens with one attached hydrogen (secondary N) is 7. The molecule has 2 saturated heterocycles. The van der Waals surface area contributed by atoms with Gasteiger partial charge in [-0.25, -0.2) is 0 Å². The molecule has 0 bridgehead atoms. The van der Waals surface area contributed by atoms with Gasteiger partial charge in [-0.2, -0.15) is 0 Å². The van der Waals surface area contributed by atoms with Gasteiger partial charge in [-0.15, -0.1) is 0 Å². The van der Waals surface area contributed by atoms with Crippen LogP contribution in [-0.4, -0.2) is 147 Å². The van der Waals surface area contributed by atoms with Crippen LogP contribution in [0.15, 0.2) is 59.6 Å². The first-order valence-electron chi connectivity index (χ1n) is 24.1. The van der Waals surface area contributed by atoms with Crippen molar-refractivity contribution in [3.05, 3.63) is 65.7 Å². The first-order chi connectivity index (χ1) is 34.9. The smallest absolute Gasteiger partial charge is 0.246 e. The van der Waals surface area contributed by atoms with Crippen molar-refractivity contribution in [3.8, 4) is 5.75 Å². The molecule has 26 heteroatoms. The number of carbonyl (C=O) groups excluding carboxylic acids is 10. The molecular formula is C48H69N13O11S2. The monoisotopic (exact) mass is 1070 g/mol. The summed E-state index contributed by atoms with van der Waals surface area (Å²) in [6.07, 6.45) is -0.207. The molecule has 2 aromatic carbocycles. The molecule has 24 nitrogen and oxygen atoms in total. The molecular weight excluding hydrogens is 999 g/mol. The molecule has 2 aromatic rings. The Kier molecular flexibility index (Phi) is 22.8. The number of phenolic OH excluding ortho intramolecular Hbond substituents is 1. The highest BCUT2D eigenvalue weighted by Crippen LogP contribution is 2.39. The standard InChI is InChI=1S/C48H69N13O11S2/c1-26(2)39-45(71)58-33(22-36(49)63)42(68)59-34(46(72)61-19-9-13-35(61)44(70)56-30(12-8-18-53-47(51)52)40(66)54-24-37(50)64)25-73-74-48(3,4)23-38(65)55-31(21-28-14-16-29(62)17-15-28)41(67)57-32(43(69)60-39)20-27-10-6-5-7-11-27/h5-7,10-11,14-17,26,30-35,39,62H,8-9,12-13,18-25H2,1-4H3,(H2,49,63)(H2,50,64)(H,54,66)(H,55,65)(H,56,70)(H,57,67)(H,58,71)(H,59,68)(H,60,69)(H4,51,52,53)/t30-,31+,32-,33-,34-,35+,39+/m1/s1. The Bertz CT molecular complexity index is 2370. The number of hydrogen-bond donors (Lipinski definition) is 12. The molecule has 0 unspecified atom stereocenters. The van der Waals surface area contributed by atoms with Crippen molar-refractivity contribution in [1.29, 1.82) is 0 Å². The molecule has 74 heavy (non-hydrogen) atoms. The van der Waals surface area contributed by atoms with Crippen molar-refractivity contribution in [2.75, 3.05) is 25.4 Å². The van der Waals surface area contributed by atoms with Crippen LogP contribution in [0.3, 0.4) is 0 Å². The van der Waals surface area contributed by atoms with Gasteiger partial charge in [0.2, 0.25) is 59.1 Å². The number of aliphatic imine (C=N–C) groups is 1. The summed E-state index contributed by atoms with van der Waals surface area (Å²) in [6.45, 7) is 6.40. The molecule has 0 aromatic heterocycles. The topological polar surface area (TPSA) is 395 Å². The number of nitrogens with zero attached hydrogens (tertiary/aromatic N) is 2. The molecule has 404 valence electrons. The Morgan fingerprint density at radius 1 is 0.797 bits per heavy atom. The van der Waals surface area contributed by atoms with Crippen molar-refractivity contribution in [2.24, 2.45) is 33.8 Å². The summed E-state index contributed by atoms with van der Waals surface area (Å²) in [6, 6.07) is 5.45. The Balaban J connectivity index is 1.71. The van der Waals surface area contributed by atoms with Gasteiger partial charge in [0.1, 0.15) is 48.0 Å². The Labute approximate surface area is 437 Å². The van der Waals surface area contributed by atoms with Gasteiger partial charge in [0, 0.05) is 42.9 Å². The van der Waals surface area contributed by atoms with Crippen molar-refractivity contribution in [1.82, 2.24) is 42.1 Å². The molecule has 10 amide bonds. The highest BCUT2D eigenvalue weighted by Gasteiger charge is 2.41. The molecule has 7 atom stereocenters. The zero-order chi connectivity index (χ0) is 54.7. The normalized spacial score (nSPS) is 22.6. The SMILES string of the molecule is CC(C)[C@@H]1NC(=O)[C@@H](Cc2ccccc2)NC(=O)[C@H](Cc2ccc(O)cc2)NC(=O)CC(C)(C)SSC[C@H](C(=O)N2CCC[C@H]2C(=O)N[C@H](CCCN=C(N)N)C(=O)NCC(N)=O)NC(=O)[C@@H](CC(N)=O)NC1=O. The molecule has 16 N–H and O–H groups in total. The molecule has 0 spiro atoms. The predicted molar refractivity (Wildman–Crippen MR) is 278 cm³/mol. The largest absolute Gasteiger partial charge is 0.508 e. The number of benzene rings is 2. The lowest BCUT2D eigenvalue weighted by Gasteiger charge is -2.32. The van der Waals surface area contributed by atoms with E-state index in [0.29, 0.717) is 17.5 Å². The highest BCUT2D eigenvalue weighted by molar-refractivity contribution is 8.77. The summed E-state index contributed by atoms with van der Waals surface area (Å²) in [5.74, 6) is -8.95. The summed E-state index contributed by atoms with van der Waals surface area (Å²) >= 11 is 0. The number of phenols is 1. The molecule has 2 heterocycles. The van der Waals surface area contributed by atoms with E-state index in [4.69, 9.17) is 22.9 Å². The summed E-state index contributed by atoms with van der Waals surface area (Å²) in [7, 11) is 2.29. The minimum absolute atomic E-state index is 0.0180. The average molecular weight is 1070 g/mol. The van der Waals surface area contributed by atoms with E-state index in [0.717, 1.165) is 10.8 Å². The quantitative estimate of drug-likeness (QED) is 0.0347. The van der Waals surface area contributed by atoms with Crippen molar-refractivity contribution >= 4 is 86.6 Å².